The second-order valence-electron chi connectivity index (χ2n) is 13.1. The maximum Gasteiger partial charge on any atom is 0.407 e. The molecule has 2 aliphatic rings. The molecule has 2 aromatic heterocycles. The van der Waals surface area contributed by atoms with Gasteiger partial charge in [-0.25, -0.2) is 22.9 Å². The SMILES string of the molecule is C[C@@H]1C[C@H](NC(=O)OC(C)(C)C)C[C@H](c2ccncc2NC(=O)c2ccc(F)c(-c3c(F)cc4c(c3F)OCCC4(C)O)n2)C1. The zero-order valence-electron chi connectivity index (χ0n) is 25.8. The Morgan fingerprint density at radius 3 is 2.60 bits per heavy atom. The lowest BCUT2D eigenvalue weighted by molar-refractivity contribution is 0.0126. The van der Waals surface area contributed by atoms with Crippen molar-refractivity contribution in [3.63, 3.8) is 0 Å². The molecule has 4 atom stereocenters. The summed E-state index contributed by atoms with van der Waals surface area (Å²) in [5.41, 5.74) is -2.87. The molecule has 0 bridgehead atoms. The van der Waals surface area contributed by atoms with Gasteiger partial charge in [0, 0.05) is 24.2 Å². The van der Waals surface area contributed by atoms with E-state index in [1.54, 1.807) is 33.0 Å². The Kier molecular flexibility index (Phi) is 8.81. The molecule has 9 nitrogen and oxygen atoms in total. The summed E-state index contributed by atoms with van der Waals surface area (Å²) in [5.74, 6) is -4.33. The number of hydrogen-bond acceptors (Lipinski definition) is 7. The van der Waals surface area contributed by atoms with E-state index >= 15 is 8.78 Å². The van der Waals surface area contributed by atoms with Gasteiger partial charge in [-0.2, -0.15) is 0 Å². The minimum atomic E-state index is -1.54. The predicted molar refractivity (Wildman–Crippen MR) is 160 cm³/mol. The molecule has 1 fully saturated rings. The number of pyridine rings is 2. The van der Waals surface area contributed by atoms with Crippen molar-refractivity contribution in [3.8, 4) is 17.0 Å². The fourth-order valence-electron chi connectivity index (χ4n) is 6.09. The molecule has 0 radical (unpaired) electrons. The monoisotopic (exact) mass is 626 g/mol. The van der Waals surface area contributed by atoms with Crippen LogP contribution in [0.1, 0.15) is 87.8 Å². The summed E-state index contributed by atoms with van der Waals surface area (Å²) in [5, 5.41) is 16.3. The molecule has 1 aliphatic heterocycles. The van der Waals surface area contributed by atoms with Gasteiger partial charge in [0.05, 0.1) is 29.7 Å². The molecular formula is C33H37F3N4O5. The van der Waals surface area contributed by atoms with E-state index in [2.05, 4.69) is 27.5 Å². The maximum absolute atomic E-state index is 15.6. The Bertz CT molecular complexity index is 1620. The van der Waals surface area contributed by atoms with Crippen LogP contribution in [0, 0.1) is 23.4 Å². The van der Waals surface area contributed by atoms with Crippen molar-refractivity contribution in [3.05, 3.63) is 70.9 Å². The van der Waals surface area contributed by atoms with Crippen molar-refractivity contribution < 1.29 is 37.3 Å². The summed E-state index contributed by atoms with van der Waals surface area (Å²) in [6.45, 7) is 8.86. The van der Waals surface area contributed by atoms with E-state index in [9.17, 15) is 19.1 Å². The van der Waals surface area contributed by atoms with Crippen LogP contribution < -0.4 is 15.4 Å². The van der Waals surface area contributed by atoms with E-state index in [1.807, 2.05) is 0 Å². The van der Waals surface area contributed by atoms with E-state index in [0.717, 1.165) is 36.6 Å². The quantitative estimate of drug-likeness (QED) is 0.292. The minimum absolute atomic E-state index is 0.0224. The number of nitrogens with one attached hydrogen (secondary N) is 2. The van der Waals surface area contributed by atoms with Crippen LogP contribution in [0.4, 0.5) is 23.7 Å². The number of aliphatic hydroxyl groups is 1. The van der Waals surface area contributed by atoms with Crippen LogP contribution in [0.2, 0.25) is 0 Å². The fraction of sp³-hybridized carbons (Fsp3) is 0.455. The summed E-state index contributed by atoms with van der Waals surface area (Å²) in [7, 11) is 0. The van der Waals surface area contributed by atoms with Gasteiger partial charge in [-0.1, -0.05) is 6.92 Å². The molecule has 3 heterocycles. The standard InChI is InChI=1S/C33H37F3N4O5/c1-17-12-18(14-19(13-17)38-31(42)45-32(2,3)4)20-8-10-37-16-25(20)40-30(41)24-7-6-22(34)28(39-24)26-23(35)15-21-29(27(26)36)44-11-9-33(21,5)43/h6-8,10,15-19,43H,9,11-14H2,1-5H3,(H,38,42)(H,40,41)/t17-,18+,19-,33?/m0/s1. The molecule has 2 amide bonds. The minimum Gasteiger partial charge on any atom is -0.490 e. The van der Waals surface area contributed by atoms with Gasteiger partial charge in [0.15, 0.2) is 11.6 Å². The molecular weight excluding hydrogens is 589 g/mol. The van der Waals surface area contributed by atoms with Gasteiger partial charge in [0.2, 0.25) is 0 Å². The van der Waals surface area contributed by atoms with Crippen LogP contribution in [-0.2, 0) is 10.3 Å². The zero-order valence-corrected chi connectivity index (χ0v) is 25.8. The Morgan fingerprint density at radius 2 is 1.87 bits per heavy atom. The van der Waals surface area contributed by atoms with E-state index < -0.39 is 51.9 Å². The molecule has 0 saturated heterocycles. The second kappa shape index (κ2) is 12.3. The number of rotatable bonds is 5. The van der Waals surface area contributed by atoms with Crippen LogP contribution in [0.25, 0.3) is 11.3 Å². The van der Waals surface area contributed by atoms with E-state index in [0.29, 0.717) is 12.1 Å². The molecule has 3 N–H and O–H groups in total. The van der Waals surface area contributed by atoms with Gasteiger partial charge >= 0.3 is 6.09 Å². The molecule has 3 aromatic rings. The number of benzene rings is 1. The Labute approximate surface area is 259 Å². The lowest BCUT2D eigenvalue weighted by Gasteiger charge is -2.35. The summed E-state index contributed by atoms with van der Waals surface area (Å²) in [4.78, 5) is 34.0. The lowest BCUT2D eigenvalue weighted by atomic mass is 9.76. The smallest absolute Gasteiger partial charge is 0.407 e. The average molecular weight is 627 g/mol. The van der Waals surface area contributed by atoms with Gasteiger partial charge in [-0.05, 0) is 88.6 Å². The van der Waals surface area contributed by atoms with Crippen molar-refractivity contribution in [2.75, 3.05) is 11.9 Å². The fourth-order valence-corrected chi connectivity index (χ4v) is 6.09. The normalized spacial score (nSPS) is 23.0. The van der Waals surface area contributed by atoms with Crippen molar-refractivity contribution in [1.29, 1.82) is 0 Å². The summed E-state index contributed by atoms with van der Waals surface area (Å²) >= 11 is 0. The third-order valence-corrected chi connectivity index (χ3v) is 8.11. The largest absolute Gasteiger partial charge is 0.490 e. The highest BCUT2D eigenvalue weighted by Gasteiger charge is 2.37. The number of carbonyl (C=O) groups excluding carboxylic acids is 2. The summed E-state index contributed by atoms with van der Waals surface area (Å²) < 4.78 is 56.6. The Morgan fingerprint density at radius 1 is 1.11 bits per heavy atom. The first-order chi connectivity index (χ1) is 21.1. The first kappa shape index (κ1) is 32.2. The van der Waals surface area contributed by atoms with Gasteiger partial charge in [-0.3, -0.25) is 9.78 Å². The molecule has 12 heteroatoms. The number of halogens is 3. The van der Waals surface area contributed by atoms with Crippen LogP contribution >= 0.6 is 0 Å². The first-order valence-electron chi connectivity index (χ1n) is 14.9. The van der Waals surface area contributed by atoms with Gasteiger partial charge in [0.25, 0.3) is 5.91 Å². The summed E-state index contributed by atoms with van der Waals surface area (Å²) in [6, 6.07) is 4.56. The number of nitrogens with zero attached hydrogens (tertiary/aromatic N) is 2. The maximum atomic E-state index is 15.6. The van der Waals surface area contributed by atoms with Crippen molar-refractivity contribution in [1.82, 2.24) is 15.3 Å². The lowest BCUT2D eigenvalue weighted by Crippen LogP contribution is -2.42. The number of carbonyl (C=O) groups is 2. The van der Waals surface area contributed by atoms with Gasteiger partial charge in [-0.15, -0.1) is 0 Å². The molecule has 1 aliphatic carbocycles. The van der Waals surface area contributed by atoms with Gasteiger partial charge in [0.1, 0.15) is 28.6 Å². The molecule has 45 heavy (non-hydrogen) atoms. The van der Waals surface area contributed by atoms with Gasteiger partial charge < -0.3 is 25.2 Å². The molecule has 1 aromatic carbocycles. The van der Waals surface area contributed by atoms with Crippen molar-refractivity contribution in [2.24, 2.45) is 5.92 Å². The zero-order chi connectivity index (χ0) is 32.7. The first-order valence-corrected chi connectivity index (χ1v) is 14.9. The number of ether oxygens (including phenoxy) is 2. The van der Waals surface area contributed by atoms with E-state index in [1.165, 1.54) is 13.1 Å². The summed E-state index contributed by atoms with van der Waals surface area (Å²) in [6.07, 6.45) is 4.88. The molecule has 1 saturated carbocycles. The topological polar surface area (TPSA) is 123 Å². The number of hydrogen-bond donors (Lipinski definition) is 3. The highest BCUT2D eigenvalue weighted by molar-refractivity contribution is 6.03. The number of alkyl carbamates (subject to hydrolysis) is 1. The molecule has 0 spiro atoms. The van der Waals surface area contributed by atoms with Crippen LogP contribution in [0.15, 0.2) is 36.7 Å². The van der Waals surface area contributed by atoms with E-state index in [4.69, 9.17) is 9.47 Å². The number of amides is 2. The highest BCUT2D eigenvalue weighted by Crippen LogP contribution is 2.43. The number of aromatic nitrogens is 2. The van der Waals surface area contributed by atoms with Crippen LogP contribution in [-0.4, -0.2) is 45.3 Å². The van der Waals surface area contributed by atoms with Crippen LogP contribution in [0.3, 0.4) is 0 Å². The van der Waals surface area contributed by atoms with Crippen LogP contribution in [0.5, 0.6) is 5.75 Å². The number of anilines is 1. The number of fused-ring (bicyclic) bond motifs is 1. The van der Waals surface area contributed by atoms with Crippen molar-refractivity contribution >= 4 is 17.7 Å². The average Bonchev–Trinajstić information content (AvgIpc) is 2.93. The predicted octanol–water partition coefficient (Wildman–Crippen LogP) is 6.60. The molecule has 240 valence electrons. The Hall–Kier alpha value is -4.19. The van der Waals surface area contributed by atoms with E-state index in [-0.39, 0.29) is 47.9 Å². The van der Waals surface area contributed by atoms with Crippen molar-refractivity contribution in [2.45, 2.75) is 83.5 Å². The second-order valence-corrected chi connectivity index (χ2v) is 13.1. The highest BCUT2D eigenvalue weighted by atomic mass is 19.1. The molecule has 5 rings (SSSR count). The Balaban J connectivity index is 1.40. The third kappa shape index (κ3) is 7.06. The third-order valence-electron chi connectivity index (χ3n) is 8.11. The molecule has 1 unspecified atom stereocenters.